The van der Waals surface area contributed by atoms with E-state index in [9.17, 15) is 0 Å². The fraction of sp³-hybridized carbons (Fsp3) is 1.00. The smallest absolute Gasteiger partial charge is 0.0847 e. The minimum absolute atomic E-state index is 0.00850. The highest BCUT2D eigenvalue weighted by Gasteiger charge is 2.49. The Balaban J connectivity index is 2.07. The monoisotopic (exact) mass is 226 g/mol. The van der Waals surface area contributed by atoms with Gasteiger partial charge in [0.15, 0.2) is 0 Å². The molecule has 16 heavy (non-hydrogen) atoms. The lowest BCUT2D eigenvalue weighted by molar-refractivity contribution is -0.0911. The van der Waals surface area contributed by atoms with Crippen LogP contribution in [0.5, 0.6) is 0 Å². The maximum absolute atomic E-state index is 5.88. The molecule has 2 saturated carbocycles. The molecule has 2 rings (SSSR count). The Morgan fingerprint density at radius 2 is 1.75 bits per heavy atom. The lowest BCUT2D eigenvalue weighted by atomic mass is 9.67. The first-order chi connectivity index (χ1) is 7.53. The largest absolute Gasteiger partial charge is 0.377 e. The molecule has 3 heteroatoms. The average molecular weight is 226 g/mol. The van der Waals surface area contributed by atoms with Crippen molar-refractivity contribution in [3.05, 3.63) is 0 Å². The van der Waals surface area contributed by atoms with Crippen LogP contribution in [-0.2, 0) is 4.74 Å². The van der Waals surface area contributed by atoms with E-state index in [1.807, 2.05) is 7.11 Å². The van der Waals surface area contributed by atoms with Crippen molar-refractivity contribution >= 4 is 0 Å². The third-order valence-corrected chi connectivity index (χ3v) is 4.70. The van der Waals surface area contributed by atoms with Crippen molar-refractivity contribution in [2.45, 2.75) is 64.0 Å². The molecule has 3 N–H and O–H groups in total. The number of hydrogen-bond donors (Lipinski definition) is 2. The first-order valence-electron chi connectivity index (χ1n) is 6.54. The summed E-state index contributed by atoms with van der Waals surface area (Å²) in [6.45, 7) is 4.71. The molecule has 3 nitrogen and oxygen atoms in total. The molecule has 0 radical (unpaired) electrons. The number of nitrogens with one attached hydrogen (secondary N) is 1. The highest BCUT2D eigenvalue weighted by atomic mass is 16.5. The third-order valence-electron chi connectivity index (χ3n) is 4.70. The maximum atomic E-state index is 5.88. The predicted octanol–water partition coefficient (Wildman–Crippen LogP) is 2.21. The van der Waals surface area contributed by atoms with Gasteiger partial charge in [-0.15, -0.1) is 0 Å². The molecule has 0 aromatic rings. The number of methoxy groups -OCH3 is 1. The van der Waals surface area contributed by atoms with Crippen LogP contribution in [0.4, 0.5) is 0 Å². The van der Waals surface area contributed by atoms with Gasteiger partial charge in [0, 0.05) is 7.11 Å². The van der Waals surface area contributed by atoms with Crippen LogP contribution in [0.25, 0.3) is 0 Å². The number of hydrazine groups is 1. The summed E-state index contributed by atoms with van der Waals surface area (Å²) in [6, 6.07) is 0.355. The van der Waals surface area contributed by atoms with E-state index >= 15 is 0 Å². The van der Waals surface area contributed by atoms with E-state index in [2.05, 4.69) is 19.3 Å². The van der Waals surface area contributed by atoms with Crippen molar-refractivity contribution in [1.82, 2.24) is 5.43 Å². The fourth-order valence-corrected chi connectivity index (χ4v) is 3.14. The topological polar surface area (TPSA) is 47.3 Å². The molecular weight excluding hydrogens is 200 g/mol. The average Bonchev–Trinajstić information content (AvgIpc) is 3.06. The molecule has 2 aliphatic carbocycles. The molecule has 94 valence electrons. The SMILES string of the molecule is COC1(C(NN)C2CC2)CCC(C)(C)CC1. The molecule has 2 fully saturated rings. The van der Waals surface area contributed by atoms with Gasteiger partial charge in [-0.1, -0.05) is 13.8 Å². The normalized spacial score (nSPS) is 30.0. The van der Waals surface area contributed by atoms with Crippen molar-refractivity contribution < 1.29 is 4.74 Å². The second kappa shape index (κ2) is 4.28. The van der Waals surface area contributed by atoms with Crippen molar-refractivity contribution in [3.63, 3.8) is 0 Å². The number of hydrogen-bond acceptors (Lipinski definition) is 3. The minimum atomic E-state index is -0.00850. The van der Waals surface area contributed by atoms with Crippen LogP contribution in [0, 0.1) is 11.3 Å². The maximum Gasteiger partial charge on any atom is 0.0847 e. The second-order valence-electron chi connectivity index (χ2n) is 6.41. The van der Waals surface area contributed by atoms with E-state index in [0.29, 0.717) is 11.5 Å². The van der Waals surface area contributed by atoms with Crippen molar-refractivity contribution in [1.29, 1.82) is 0 Å². The minimum Gasteiger partial charge on any atom is -0.377 e. The van der Waals surface area contributed by atoms with Gasteiger partial charge < -0.3 is 4.74 Å². The molecular formula is C13H26N2O. The zero-order chi connectivity index (χ0) is 11.8. The fourth-order valence-electron chi connectivity index (χ4n) is 3.14. The van der Waals surface area contributed by atoms with Crippen molar-refractivity contribution in [2.75, 3.05) is 7.11 Å². The van der Waals surface area contributed by atoms with Crippen LogP contribution >= 0.6 is 0 Å². The van der Waals surface area contributed by atoms with Gasteiger partial charge in [-0.05, 0) is 49.9 Å². The highest BCUT2D eigenvalue weighted by molar-refractivity contribution is 5.03. The number of rotatable bonds is 4. The summed E-state index contributed by atoms with van der Waals surface area (Å²) in [4.78, 5) is 0. The van der Waals surface area contributed by atoms with Crippen LogP contribution in [0.2, 0.25) is 0 Å². The zero-order valence-corrected chi connectivity index (χ0v) is 10.9. The summed E-state index contributed by atoms with van der Waals surface area (Å²) in [7, 11) is 1.85. The Hall–Kier alpha value is -0.120. The molecule has 0 bridgehead atoms. The Kier molecular flexibility index (Phi) is 3.30. The molecule has 0 spiro atoms. The Morgan fingerprint density at radius 1 is 1.19 bits per heavy atom. The van der Waals surface area contributed by atoms with Gasteiger partial charge in [0.1, 0.15) is 0 Å². The molecule has 0 aromatic carbocycles. The van der Waals surface area contributed by atoms with E-state index in [1.165, 1.54) is 25.7 Å². The second-order valence-corrected chi connectivity index (χ2v) is 6.41. The highest BCUT2D eigenvalue weighted by Crippen LogP contribution is 2.48. The summed E-state index contributed by atoms with van der Waals surface area (Å²) in [6.07, 6.45) is 7.38. The van der Waals surface area contributed by atoms with Gasteiger partial charge in [0.2, 0.25) is 0 Å². The lowest BCUT2D eigenvalue weighted by Crippen LogP contribution is -2.57. The summed E-state index contributed by atoms with van der Waals surface area (Å²) < 4.78 is 5.88. The number of ether oxygens (including phenoxy) is 1. The lowest BCUT2D eigenvalue weighted by Gasteiger charge is -2.47. The molecule has 0 amide bonds. The first-order valence-corrected chi connectivity index (χ1v) is 6.54. The Bertz CT molecular complexity index is 238. The summed E-state index contributed by atoms with van der Waals surface area (Å²) in [5.41, 5.74) is 3.50. The Labute approximate surface area is 99.1 Å². The van der Waals surface area contributed by atoms with E-state index < -0.39 is 0 Å². The van der Waals surface area contributed by atoms with Crippen molar-refractivity contribution in [2.24, 2.45) is 17.2 Å². The van der Waals surface area contributed by atoms with Gasteiger partial charge in [-0.2, -0.15) is 0 Å². The van der Waals surface area contributed by atoms with Crippen LogP contribution in [0.3, 0.4) is 0 Å². The number of nitrogens with two attached hydrogens (primary N) is 1. The van der Waals surface area contributed by atoms with Gasteiger partial charge in [-0.3, -0.25) is 11.3 Å². The third kappa shape index (κ3) is 2.27. The molecule has 0 heterocycles. The van der Waals surface area contributed by atoms with E-state index in [-0.39, 0.29) is 5.60 Å². The molecule has 0 aromatic heterocycles. The van der Waals surface area contributed by atoms with Crippen LogP contribution in [-0.4, -0.2) is 18.8 Å². The van der Waals surface area contributed by atoms with E-state index in [4.69, 9.17) is 10.6 Å². The standard InChI is InChI=1S/C13H26N2O/c1-12(2)6-8-13(16-3,9-7-12)11(15-14)10-4-5-10/h10-11,15H,4-9,14H2,1-3H3. The molecule has 1 unspecified atom stereocenters. The molecule has 2 aliphatic rings. The van der Waals surface area contributed by atoms with Crippen LogP contribution in [0.15, 0.2) is 0 Å². The van der Waals surface area contributed by atoms with Crippen LogP contribution in [0.1, 0.15) is 52.4 Å². The van der Waals surface area contributed by atoms with E-state index in [0.717, 1.165) is 18.8 Å². The first kappa shape index (κ1) is 12.3. The summed E-state index contributed by atoms with van der Waals surface area (Å²) in [5, 5.41) is 0. The van der Waals surface area contributed by atoms with Gasteiger partial charge in [-0.25, -0.2) is 0 Å². The quantitative estimate of drug-likeness (QED) is 0.571. The zero-order valence-electron chi connectivity index (χ0n) is 10.9. The van der Waals surface area contributed by atoms with Gasteiger partial charge >= 0.3 is 0 Å². The summed E-state index contributed by atoms with van der Waals surface area (Å²) in [5.74, 6) is 6.48. The predicted molar refractivity (Wildman–Crippen MR) is 65.8 cm³/mol. The van der Waals surface area contributed by atoms with Gasteiger partial charge in [0.25, 0.3) is 0 Å². The Morgan fingerprint density at radius 3 is 2.12 bits per heavy atom. The van der Waals surface area contributed by atoms with Crippen LogP contribution < -0.4 is 11.3 Å². The molecule has 0 saturated heterocycles. The molecule has 0 aliphatic heterocycles. The van der Waals surface area contributed by atoms with Crippen molar-refractivity contribution in [3.8, 4) is 0 Å². The van der Waals surface area contributed by atoms with E-state index in [1.54, 1.807) is 0 Å². The van der Waals surface area contributed by atoms with Gasteiger partial charge in [0.05, 0.1) is 11.6 Å². The summed E-state index contributed by atoms with van der Waals surface area (Å²) >= 11 is 0. The molecule has 1 atom stereocenters.